The van der Waals surface area contributed by atoms with Crippen molar-refractivity contribution in [1.82, 2.24) is 29.8 Å². The van der Waals surface area contributed by atoms with Gasteiger partial charge in [0.2, 0.25) is 0 Å². The van der Waals surface area contributed by atoms with Crippen molar-refractivity contribution in [3.05, 3.63) is 35.8 Å². The van der Waals surface area contributed by atoms with Crippen LogP contribution in [0.15, 0.2) is 24.4 Å². The van der Waals surface area contributed by atoms with Gasteiger partial charge in [-0.05, 0) is 105 Å². The number of imidazole rings is 1. The monoisotopic (exact) mass is 518 g/mol. The summed E-state index contributed by atoms with van der Waals surface area (Å²) >= 11 is 0. The molecule has 5 fully saturated rings. The molecule has 38 heavy (non-hydrogen) atoms. The van der Waals surface area contributed by atoms with E-state index in [1.165, 1.54) is 32.1 Å². The molecule has 0 radical (unpaired) electrons. The molecule has 5 aliphatic rings. The molecule has 8 nitrogen and oxygen atoms in total. The first-order valence-corrected chi connectivity index (χ1v) is 14.5. The Bertz CT molecular complexity index is 1300. The summed E-state index contributed by atoms with van der Waals surface area (Å²) in [6, 6.07) is 5.69. The molecule has 0 aromatic carbocycles. The topological polar surface area (TPSA) is 82.0 Å². The van der Waals surface area contributed by atoms with Crippen molar-refractivity contribution in [2.24, 2.45) is 34.0 Å². The zero-order valence-corrected chi connectivity index (χ0v) is 23.3. The number of carbonyl (C=O) groups excluding carboxylic acids is 2. The molecule has 204 valence electrons. The molecule has 4 saturated carbocycles. The average Bonchev–Trinajstić information content (AvgIpc) is 3.70. The fourth-order valence-corrected chi connectivity index (χ4v) is 9.01. The number of piperidine rings is 1. The van der Waals surface area contributed by atoms with Crippen LogP contribution in [0.3, 0.4) is 0 Å². The van der Waals surface area contributed by atoms with Crippen LogP contribution in [-0.4, -0.2) is 77.4 Å². The van der Waals surface area contributed by atoms with Crippen LogP contribution in [0.2, 0.25) is 0 Å². The molecule has 6 unspecified atom stereocenters. The zero-order chi connectivity index (χ0) is 26.4. The van der Waals surface area contributed by atoms with E-state index < -0.39 is 0 Å². The van der Waals surface area contributed by atoms with Crippen molar-refractivity contribution in [1.29, 1.82) is 0 Å². The maximum atomic E-state index is 13.9. The highest BCUT2D eigenvalue weighted by Crippen LogP contribution is 2.83. The smallest absolute Gasteiger partial charge is 0.275 e. The van der Waals surface area contributed by atoms with Crippen LogP contribution in [0.1, 0.15) is 73.3 Å². The predicted molar refractivity (Wildman–Crippen MR) is 146 cm³/mol. The summed E-state index contributed by atoms with van der Waals surface area (Å²) in [6.45, 7) is 7.50. The van der Waals surface area contributed by atoms with Gasteiger partial charge in [-0.3, -0.25) is 18.9 Å². The number of pyridine rings is 1. The van der Waals surface area contributed by atoms with Crippen LogP contribution in [0.5, 0.6) is 0 Å². The maximum Gasteiger partial charge on any atom is 0.275 e. The molecule has 3 heterocycles. The third-order valence-corrected chi connectivity index (χ3v) is 10.7. The molecule has 4 aliphatic carbocycles. The van der Waals surface area contributed by atoms with Crippen LogP contribution in [-0.2, 0) is 0 Å². The summed E-state index contributed by atoms with van der Waals surface area (Å²) in [4.78, 5) is 36.1. The van der Waals surface area contributed by atoms with Gasteiger partial charge in [-0.15, -0.1) is 0 Å². The lowest BCUT2D eigenvalue weighted by Crippen LogP contribution is -2.58. The number of carbonyl (C=O) groups is 2. The minimum absolute atomic E-state index is 0.0491. The van der Waals surface area contributed by atoms with E-state index in [0.29, 0.717) is 34.5 Å². The normalized spacial score (nSPS) is 36.0. The van der Waals surface area contributed by atoms with Gasteiger partial charge in [0.05, 0.1) is 6.67 Å². The molecule has 2 aromatic heterocycles. The number of nitrogens with zero attached hydrogens (tertiary/aromatic N) is 4. The van der Waals surface area contributed by atoms with Crippen molar-refractivity contribution in [3.8, 4) is 0 Å². The van der Waals surface area contributed by atoms with Crippen LogP contribution in [0.4, 0.5) is 0 Å². The minimum atomic E-state index is -0.0794. The van der Waals surface area contributed by atoms with E-state index in [1.54, 1.807) is 10.6 Å². The van der Waals surface area contributed by atoms with E-state index in [1.807, 2.05) is 42.1 Å². The predicted octanol–water partition coefficient (Wildman–Crippen LogP) is 3.24. The summed E-state index contributed by atoms with van der Waals surface area (Å²) in [5.74, 6) is 2.67. The van der Waals surface area contributed by atoms with Crippen molar-refractivity contribution < 1.29 is 9.59 Å². The number of fused-ring (bicyclic) bond motifs is 3. The lowest BCUT2D eigenvalue weighted by atomic mass is 9.71. The third-order valence-electron chi connectivity index (χ3n) is 10.7. The number of hydrogen-bond acceptors (Lipinski definition) is 5. The summed E-state index contributed by atoms with van der Waals surface area (Å²) < 4.78 is 1.80. The number of nitrogens with one attached hydrogen (secondary N) is 2. The van der Waals surface area contributed by atoms with Gasteiger partial charge in [-0.25, -0.2) is 4.98 Å². The summed E-state index contributed by atoms with van der Waals surface area (Å²) in [6.07, 6.45) is 9.43. The van der Waals surface area contributed by atoms with Crippen LogP contribution in [0.25, 0.3) is 5.65 Å². The van der Waals surface area contributed by atoms with E-state index >= 15 is 0 Å². The lowest BCUT2D eigenvalue weighted by molar-refractivity contribution is 0.0226. The molecule has 1 aliphatic heterocycles. The van der Waals surface area contributed by atoms with Gasteiger partial charge in [-0.1, -0.05) is 19.9 Å². The van der Waals surface area contributed by atoms with Gasteiger partial charge in [0.1, 0.15) is 17.0 Å². The Morgan fingerprint density at radius 1 is 1.21 bits per heavy atom. The molecular formula is C30H42N6O2. The largest absolute Gasteiger partial charge is 0.350 e. The van der Waals surface area contributed by atoms with E-state index in [-0.39, 0.29) is 23.3 Å². The Labute approximate surface area is 225 Å². The maximum absolute atomic E-state index is 13.9. The fraction of sp³-hybridized carbons (Fsp3) is 0.700. The van der Waals surface area contributed by atoms with Gasteiger partial charge in [-0.2, -0.15) is 0 Å². The van der Waals surface area contributed by atoms with Crippen LogP contribution >= 0.6 is 0 Å². The van der Waals surface area contributed by atoms with E-state index in [4.69, 9.17) is 4.98 Å². The molecule has 2 N–H and O–H groups in total. The Kier molecular flexibility index (Phi) is 5.35. The van der Waals surface area contributed by atoms with Gasteiger partial charge in [0.25, 0.3) is 11.8 Å². The van der Waals surface area contributed by atoms with Crippen molar-refractivity contribution >= 4 is 17.5 Å². The van der Waals surface area contributed by atoms with Gasteiger partial charge < -0.3 is 15.5 Å². The van der Waals surface area contributed by atoms with E-state index in [9.17, 15) is 9.59 Å². The third kappa shape index (κ3) is 3.81. The highest BCUT2D eigenvalue weighted by atomic mass is 16.2. The average molecular weight is 519 g/mol. The molecule has 7 rings (SSSR count). The van der Waals surface area contributed by atoms with Crippen molar-refractivity contribution in [2.75, 3.05) is 40.4 Å². The second-order valence-corrected chi connectivity index (χ2v) is 14.2. The number of rotatable bonds is 7. The lowest BCUT2D eigenvalue weighted by Gasteiger charge is -2.46. The Hall–Kier alpha value is -2.45. The number of amides is 2. The second-order valence-electron chi connectivity index (χ2n) is 14.2. The Morgan fingerprint density at radius 3 is 2.84 bits per heavy atom. The molecule has 1 saturated heterocycles. The molecule has 1 spiro atoms. The molecule has 8 heteroatoms. The summed E-state index contributed by atoms with van der Waals surface area (Å²) in [7, 11) is 3.98. The van der Waals surface area contributed by atoms with Crippen LogP contribution < -0.4 is 10.6 Å². The molecule has 2 amide bonds. The van der Waals surface area contributed by atoms with Gasteiger partial charge in [0.15, 0.2) is 0 Å². The standard InChI is InChI=1S/C30H42N6O2/c1-28(2)16-31-9-8-24(28)36(18-34(3)4)27(38)22-14-35-23(6-5-7-25(35)33-22)26(37)32-17-29-11-19-10-21(19)30(15-29)13-20(30)12-29/h5-7,14,19-21,24,31H,8-13,15-18H2,1-4H3,(H,32,37). The summed E-state index contributed by atoms with van der Waals surface area (Å²) in [5, 5.41) is 6.78. The number of hydrogen-bond donors (Lipinski definition) is 2. The minimum Gasteiger partial charge on any atom is -0.350 e. The fourth-order valence-electron chi connectivity index (χ4n) is 9.01. The van der Waals surface area contributed by atoms with Crippen molar-refractivity contribution in [2.45, 2.75) is 58.4 Å². The first kappa shape index (κ1) is 24.6. The highest BCUT2D eigenvalue weighted by Gasteiger charge is 2.76. The van der Waals surface area contributed by atoms with E-state index in [2.05, 4.69) is 24.5 Å². The Morgan fingerprint density at radius 2 is 2.05 bits per heavy atom. The Balaban J connectivity index is 1.11. The first-order chi connectivity index (χ1) is 18.1. The highest BCUT2D eigenvalue weighted by molar-refractivity contribution is 5.95. The summed E-state index contributed by atoms with van der Waals surface area (Å²) in [5.41, 5.74) is 2.47. The first-order valence-electron chi connectivity index (χ1n) is 14.5. The van der Waals surface area contributed by atoms with E-state index in [0.717, 1.165) is 43.8 Å². The molecule has 2 aromatic rings. The van der Waals surface area contributed by atoms with Crippen molar-refractivity contribution in [3.63, 3.8) is 0 Å². The van der Waals surface area contributed by atoms with Gasteiger partial charge in [0, 0.05) is 25.3 Å². The molecular weight excluding hydrogens is 476 g/mol. The van der Waals surface area contributed by atoms with Crippen LogP contribution in [0, 0.1) is 34.0 Å². The SMILES string of the molecule is CN(C)CN(C(=O)c1cn2c(C(=O)NCC34CC5CC5C5(CC5C3)C4)cccc2n1)C1CCNCC1(C)C. The number of aromatic nitrogens is 2. The molecule has 2 bridgehead atoms. The molecule has 6 atom stereocenters. The quantitative estimate of drug-likeness (QED) is 0.550. The second kappa shape index (κ2) is 8.28. The zero-order valence-electron chi connectivity index (χ0n) is 23.3. The van der Waals surface area contributed by atoms with Gasteiger partial charge >= 0.3 is 0 Å².